The molecule has 0 spiro atoms. The zero-order valence-electron chi connectivity index (χ0n) is 6.23. The number of halogens is 4. The Labute approximate surface area is 81.1 Å². The number of hydrogen-bond acceptors (Lipinski definition) is 2. The summed E-state index contributed by atoms with van der Waals surface area (Å²) in [6.45, 7) is 1.83. The summed E-state index contributed by atoms with van der Waals surface area (Å²) in [5, 5.41) is 0. The molecule has 0 fully saturated rings. The van der Waals surface area contributed by atoms with Gasteiger partial charge < -0.3 is 0 Å². The SMILES string of the molecule is CCC1=CN(C(F)(F)F)C(Br)S1. The highest BCUT2D eigenvalue weighted by Gasteiger charge is 2.42. The zero-order chi connectivity index (χ0) is 9.35. The van der Waals surface area contributed by atoms with Crippen LogP contribution in [0.2, 0.25) is 0 Å². The first kappa shape index (κ1) is 10.2. The molecule has 0 saturated heterocycles. The molecule has 6 heteroatoms. The van der Waals surface area contributed by atoms with Crippen LogP contribution in [0.3, 0.4) is 0 Å². The van der Waals surface area contributed by atoms with Crippen molar-refractivity contribution in [2.45, 2.75) is 23.9 Å². The van der Waals surface area contributed by atoms with Crippen LogP contribution in [0.25, 0.3) is 0 Å². The summed E-state index contributed by atoms with van der Waals surface area (Å²) in [7, 11) is 0. The summed E-state index contributed by atoms with van der Waals surface area (Å²) in [4.78, 5) is 1.10. The van der Waals surface area contributed by atoms with Gasteiger partial charge in [-0.2, -0.15) is 13.2 Å². The molecule has 0 aromatic rings. The van der Waals surface area contributed by atoms with Gasteiger partial charge in [-0.15, -0.1) is 0 Å². The minimum absolute atomic E-state index is 0.358. The third kappa shape index (κ3) is 2.10. The summed E-state index contributed by atoms with van der Waals surface area (Å²) in [5.41, 5.74) is 0. The van der Waals surface area contributed by atoms with Gasteiger partial charge in [-0.3, -0.25) is 4.90 Å². The first-order valence-electron chi connectivity index (χ1n) is 3.31. The third-order valence-corrected chi connectivity index (χ3v) is 3.51. The van der Waals surface area contributed by atoms with Gasteiger partial charge in [0, 0.05) is 11.1 Å². The molecule has 0 aromatic heterocycles. The van der Waals surface area contributed by atoms with E-state index in [-0.39, 0.29) is 0 Å². The maximum Gasteiger partial charge on any atom is 0.486 e. The molecule has 1 aliphatic heterocycles. The van der Waals surface area contributed by atoms with E-state index in [1.165, 1.54) is 11.8 Å². The average Bonchev–Trinajstić information content (AvgIpc) is 2.29. The van der Waals surface area contributed by atoms with Crippen LogP contribution in [0.5, 0.6) is 0 Å². The Hall–Kier alpha value is 0.160. The second-order valence-corrected chi connectivity index (χ2v) is 4.91. The van der Waals surface area contributed by atoms with Gasteiger partial charge in [-0.25, -0.2) is 0 Å². The Morgan fingerprint density at radius 1 is 1.67 bits per heavy atom. The van der Waals surface area contributed by atoms with E-state index in [0.29, 0.717) is 11.3 Å². The van der Waals surface area contributed by atoms with Gasteiger partial charge in [0.15, 0.2) is 0 Å². The number of thioether (sulfide) groups is 1. The summed E-state index contributed by atoms with van der Waals surface area (Å²) < 4.78 is 35.8. The minimum atomic E-state index is -4.28. The summed E-state index contributed by atoms with van der Waals surface area (Å²) in [6.07, 6.45) is -2.50. The molecule has 0 radical (unpaired) electrons. The maximum atomic E-state index is 12.2. The lowest BCUT2D eigenvalue weighted by Crippen LogP contribution is -2.34. The van der Waals surface area contributed by atoms with Gasteiger partial charge in [-0.05, 0) is 6.42 Å². The lowest BCUT2D eigenvalue weighted by molar-refractivity contribution is -0.223. The van der Waals surface area contributed by atoms with Crippen molar-refractivity contribution in [1.29, 1.82) is 0 Å². The van der Waals surface area contributed by atoms with Crippen molar-refractivity contribution in [1.82, 2.24) is 4.90 Å². The lowest BCUT2D eigenvalue weighted by atomic mass is 10.4. The Morgan fingerprint density at radius 3 is 2.50 bits per heavy atom. The van der Waals surface area contributed by atoms with Crippen molar-refractivity contribution in [2.24, 2.45) is 0 Å². The number of nitrogens with zero attached hydrogens (tertiary/aromatic N) is 1. The molecule has 1 aliphatic rings. The number of hydrogen-bond donors (Lipinski definition) is 0. The molecule has 12 heavy (non-hydrogen) atoms. The molecule has 0 amide bonds. The first-order valence-corrected chi connectivity index (χ1v) is 5.11. The standard InChI is InChI=1S/C6H7BrF3NS/c1-2-4-3-11(5(7)12-4)6(8,9)10/h3,5H,2H2,1H3. The number of allylic oxidation sites excluding steroid dienone is 1. The molecule has 70 valence electrons. The van der Waals surface area contributed by atoms with E-state index in [1.54, 1.807) is 0 Å². The molecular formula is C6H7BrF3NS. The van der Waals surface area contributed by atoms with E-state index in [4.69, 9.17) is 0 Å². The van der Waals surface area contributed by atoms with Crippen LogP contribution >= 0.6 is 27.7 Å². The maximum absolute atomic E-state index is 12.2. The molecule has 0 N–H and O–H groups in total. The van der Waals surface area contributed by atoms with Crippen LogP contribution in [0.4, 0.5) is 13.2 Å². The fourth-order valence-electron chi connectivity index (χ4n) is 0.789. The fraction of sp³-hybridized carbons (Fsp3) is 0.667. The van der Waals surface area contributed by atoms with E-state index < -0.39 is 10.6 Å². The highest BCUT2D eigenvalue weighted by molar-refractivity contribution is 9.11. The normalized spacial score (nSPS) is 24.6. The van der Waals surface area contributed by atoms with Gasteiger partial charge >= 0.3 is 6.30 Å². The summed E-state index contributed by atoms with van der Waals surface area (Å²) in [6, 6.07) is 0. The van der Waals surface area contributed by atoms with Gasteiger partial charge in [0.05, 0.1) is 0 Å². The van der Waals surface area contributed by atoms with Crippen molar-refractivity contribution in [2.75, 3.05) is 0 Å². The first-order chi connectivity index (χ1) is 5.45. The molecular weight excluding hydrogens is 255 g/mol. The smallest absolute Gasteiger partial charge is 0.268 e. The summed E-state index contributed by atoms with van der Waals surface area (Å²) in [5.74, 6) is 0. The average molecular weight is 262 g/mol. The predicted octanol–water partition coefficient (Wildman–Crippen LogP) is 3.48. The molecule has 1 rings (SSSR count). The van der Waals surface area contributed by atoms with Gasteiger partial charge in [-0.1, -0.05) is 34.6 Å². The van der Waals surface area contributed by atoms with Crippen LogP contribution in [-0.2, 0) is 0 Å². The molecule has 0 saturated carbocycles. The van der Waals surface area contributed by atoms with Crippen LogP contribution < -0.4 is 0 Å². The van der Waals surface area contributed by atoms with Crippen LogP contribution in [-0.4, -0.2) is 15.5 Å². The van der Waals surface area contributed by atoms with E-state index in [9.17, 15) is 13.2 Å². The van der Waals surface area contributed by atoms with Crippen molar-refractivity contribution in [3.63, 3.8) is 0 Å². The highest BCUT2D eigenvalue weighted by Crippen LogP contribution is 2.43. The Balaban J connectivity index is 2.73. The van der Waals surface area contributed by atoms with Gasteiger partial charge in [0.25, 0.3) is 0 Å². The number of alkyl halides is 4. The monoisotopic (exact) mass is 261 g/mol. The van der Waals surface area contributed by atoms with Crippen molar-refractivity contribution in [3.05, 3.63) is 11.1 Å². The largest absolute Gasteiger partial charge is 0.486 e. The molecule has 1 atom stereocenters. The van der Waals surface area contributed by atoms with Crippen molar-refractivity contribution in [3.8, 4) is 0 Å². The molecule has 0 bridgehead atoms. The minimum Gasteiger partial charge on any atom is -0.268 e. The second-order valence-electron chi connectivity index (χ2n) is 2.23. The van der Waals surface area contributed by atoms with E-state index in [2.05, 4.69) is 15.9 Å². The number of rotatable bonds is 1. The Morgan fingerprint density at radius 2 is 2.25 bits per heavy atom. The van der Waals surface area contributed by atoms with Gasteiger partial charge in [0.1, 0.15) is 4.28 Å². The van der Waals surface area contributed by atoms with Crippen LogP contribution in [0.15, 0.2) is 11.1 Å². The lowest BCUT2D eigenvalue weighted by Gasteiger charge is -2.21. The third-order valence-electron chi connectivity index (χ3n) is 1.39. The highest BCUT2D eigenvalue weighted by atomic mass is 79.9. The van der Waals surface area contributed by atoms with Crippen molar-refractivity contribution < 1.29 is 13.2 Å². The molecule has 1 nitrogen and oxygen atoms in total. The van der Waals surface area contributed by atoms with Crippen LogP contribution in [0.1, 0.15) is 13.3 Å². The van der Waals surface area contributed by atoms with Crippen LogP contribution in [0, 0.1) is 0 Å². The quantitative estimate of drug-likeness (QED) is 0.525. The second kappa shape index (κ2) is 3.49. The van der Waals surface area contributed by atoms with Crippen molar-refractivity contribution >= 4 is 27.7 Å². The predicted molar refractivity (Wildman–Crippen MR) is 46.6 cm³/mol. The molecule has 0 aromatic carbocycles. The van der Waals surface area contributed by atoms with E-state index in [1.807, 2.05) is 6.92 Å². The zero-order valence-corrected chi connectivity index (χ0v) is 8.63. The Bertz CT molecular complexity index is 203. The topological polar surface area (TPSA) is 3.24 Å². The molecule has 0 aliphatic carbocycles. The molecule has 1 unspecified atom stereocenters. The summed E-state index contributed by atoms with van der Waals surface area (Å²) >= 11 is 4.12. The van der Waals surface area contributed by atoms with E-state index in [0.717, 1.165) is 11.1 Å². The van der Waals surface area contributed by atoms with Gasteiger partial charge in [0.2, 0.25) is 0 Å². The van der Waals surface area contributed by atoms with E-state index >= 15 is 0 Å². The Kier molecular flexibility index (Phi) is 2.98. The fourth-order valence-corrected chi connectivity index (χ4v) is 2.74. The molecule has 1 heterocycles.